The molecular weight excluding hydrogens is 300 g/mol. The van der Waals surface area contributed by atoms with Crippen LogP contribution in [0.25, 0.3) is 0 Å². The zero-order chi connectivity index (χ0) is 16.7. The monoisotopic (exact) mass is 326 g/mol. The molecule has 2 N–H and O–H groups in total. The third kappa shape index (κ3) is 5.36. The van der Waals surface area contributed by atoms with Crippen molar-refractivity contribution in [1.29, 1.82) is 0 Å². The largest absolute Gasteiger partial charge is 0.362 e. The first-order valence-electron chi connectivity index (χ1n) is 8.29. The number of rotatable bonds is 6. The van der Waals surface area contributed by atoms with Crippen molar-refractivity contribution in [1.82, 2.24) is 5.32 Å². The highest BCUT2D eigenvalue weighted by atomic mass is 32.1. The van der Waals surface area contributed by atoms with Crippen molar-refractivity contribution in [2.24, 2.45) is 0 Å². The van der Waals surface area contributed by atoms with Crippen LogP contribution in [0.3, 0.4) is 0 Å². The van der Waals surface area contributed by atoms with E-state index in [1.54, 1.807) is 0 Å². The van der Waals surface area contributed by atoms with E-state index >= 15 is 0 Å². The van der Waals surface area contributed by atoms with E-state index in [1.807, 2.05) is 6.07 Å². The Morgan fingerprint density at radius 2 is 1.83 bits per heavy atom. The topological polar surface area (TPSA) is 24.1 Å². The van der Waals surface area contributed by atoms with Gasteiger partial charge in [0.1, 0.15) is 0 Å². The maximum Gasteiger partial charge on any atom is 0.170 e. The van der Waals surface area contributed by atoms with Crippen molar-refractivity contribution in [3.05, 3.63) is 64.7 Å². The highest BCUT2D eigenvalue weighted by Gasteiger charge is 2.02. The van der Waals surface area contributed by atoms with Gasteiger partial charge in [-0.2, -0.15) is 0 Å². The molecule has 0 amide bonds. The average molecular weight is 327 g/mol. The van der Waals surface area contributed by atoms with Crippen molar-refractivity contribution < 1.29 is 0 Å². The van der Waals surface area contributed by atoms with Crippen LogP contribution in [0.5, 0.6) is 0 Å². The third-order valence-corrected chi connectivity index (χ3v) is 4.30. The number of hydrogen-bond acceptors (Lipinski definition) is 1. The number of hydrogen-bond donors (Lipinski definition) is 2. The van der Waals surface area contributed by atoms with Crippen molar-refractivity contribution in [2.75, 3.05) is 11.9 Å². The van der Waals surface area contributed by atoms with Crippen LogP contribution in [-0.4, -0.2) is 11.7 Å². The standard InChI is InChI=1S/C20H26N2S/c1-4-17-8-5-6-10-19(17)22-20(23)21-13-7-9-18-12-11-15(2)14-16(18)3/h5-6,8,10-12,14H,4,7,9,13H2,1-3H3,(H2,21,22,23). The van der Waals surface area contributed by atoms with Crippen LogP contribution in [0.15, 0.2) is 42.5 Å². The Hall–Kier alpha value is -1.87. The minimum atomic E-state index is 0.700. The second-order valence-corrected chi connectivity index (χ2v) is 6.33. The third-order valence-electron chi connectivity index (χ3n) is 4.05. The van der Waals surface area contributed by atoms with E-state index in [1.165, 1.54) is 22.3 Å². The number of para-hydroxylation sites is 1. The minimum Gasteiger partial charge on any atom is -0.362 e. The molecule has 23 heavy (non-hydrogen) atoms. The van der Waals surface area contributed by atoms with Crippen molar-refractivity contribution in [3.8, 4) is 0 Å². The highest BCUT2D eigenvalue weighted by Crippen LogP contribution is 2.15. The Kier molecular flexibility index (Phi) is 6.60. The Morgan fingerprint density at radius 3 is 2.57 bits per heavy atom. The number of benzene rings is 2. The van der Waals surface area contributed by atoms with Crippen molar-refractivity contribution in [2.45, 2.75) is 40.0 Å². The van der Waals surface area contributed by atoms with Gasteiger partial charge in [0.05, 0.1) is 0 Å². The van der Waals surface area contributed by atoms with Crippen molar-refractivity contribution in [3.63, 3.8) is 0 Å². The van der Waals surface area contributed by atoms with Gasteiger partial charge in [-0.1, -0.05) is 48.9 Å². The molecule has 0 aliphatic rings. The Labute approximate surface area is 145 Å². The van der Waals surface area contributed by atoms with Crippen LogP contribution in [0.2, 0.25) is 0 Å². The molecule has 2 aromatic carbocycles. The molecule has 0 aliphatic heterocycles. The SMILES string of the molecule is CCc1ccccc1NC(=S)NCCCc1ccc(C)cc1C. The second-order valence-electron chi connectivity index (χ2n) is 5.93. The first-order chi connectivity index (χ1) is 11.1. The molecule has 2 aromatic rings. The van der Waals surface area contributed by atoms with Gasteiger partial charge in [0.2, 0.25) is 0 Å². The van der Waals surface area contributed by atoms with Crippen LogP contribution in [0.1, 0.15) is 35.6 Å². The molecule has 2 nitrogen and oxygen atoms in total. The van der Waals surface area contributed by atoms with Gasteiger partial charge in [0, 0.05) is 12.2 Å². The smallest absolute Gasteiger partial charge is 0.170 e. The molecule has 0 saturated carbocycles. The molecule has 0 aliphatic carbocycles. The molecule has 0 heterocycles. The Balaban J connectivity index is 1.76. The number of aryl methyl sites for hydroxylation is 4. The minimum absolute atomic E-state index is 0.700. The molecule has 0 atom stereocenters. The summed E-state index contributed by atoms with van der Waals surface area (Å²) < 4.78 is 0. The molecule has 0 bridgehead atoms. The summed E-state index contributed by atoms with van der Waals surface area (Å²) in [4.78, 5) is 0. The average Bonchev–Trinajstić information content (AvgIpc) is 2.53. The summed E-state index contributed by atoms with van der Waals surface area (Å²) in [6.07, 6.45) is 3.15. The predicted octanol–water partition coefficient (Wildman–Crippen LogP) is 4.79. The van der Waals surface area contributed by atoms with Gasteiger partial charge < -0.3 is 10.6 Å². The van der Waals surface area contributed by atoms with Gasteiger partial charge in [-0.15, -0.1) is 0 Å². The van der Waals surface area contributed by atoms with Crippen LogP contribution < -0.4 is 10.6 Å². The Morgan fingerprint density at radius 1 is 1.04 bits per heavy atom. The number of anilines is 1. The zero-order valence-electron chi connectivity index (χ0n) is 14.3. The Bertz CT molecular complexity index is 664. The van der Waals surface area contributed by atoms with Crippen LogP contribution >= 0.6 is 12.2 Å². The van der Waals surface area contributed by atoms with Gasteiger partial charge in [-0.05, 0) is 68.1 Å². The van der Waals surface area contributed by atoms with E-state index in [4.69, 9.17) is 12.2 Å². The fourth-order valence-corrected chi connectivity index (χ4v) is 2.94. The molecule has 0 unspecified atom stereocenters. The summed E-state index contributed by atoms with van der Waals surface area (Å²) in [6, 6.07) is 15.0. The predicted molar refractivity (Wildman–Crippen MR) is 104 cm³/mol. The fourth-order valence-electron chi connectivity index (χ4n) is 2.72. The van der Waals surface area contributed by atoms with Gasteiger partial charge >= 0.3 is 0 Å². The summed E-state index contributed by atoms with van der Waals surface area (Å²) in [5.41, 5.74) is 6.51. The highest BCUT2D eigenvalue weighted by molar-refractivity contribution is 7.80. The molecule has 122 valence electrons. The van der Waals surface area contributed by atoms with Gasteiger partial charge in [-0.25, -0.2) is 0 Å². The molecule has 0 aromatic heterocycles. The summed E-state index contributed by atoms with van der Waals surface area (Å²) in [5.74, 6) is 0. The molecule has 2 rings (SSSR count). The van der Waals surface area contributed by atoms with E-state index in [0.717, 1.165) is 31.5 Å². The summed E-state index contributed by atoms with van der Waals surface area (Å²) in [7, 11) is 0. The van der Waals surface area contributed by atoms with E-state index in [9.17, 15) is 0 Å². The first-order valence-corrected chi connectivity index (χ1v) is 8.70. The quantitative estimate of drug-likeness (QED) is 0.590. The lowest BCUT2D eigenvalue weighted by molar-refractivity contribution is 0.774. The van der Waals surface area contributed by atoms with Gasteiger partial charge in [0.25, 0.3) is 0 Å². The van der Waals surface area contributed by atoms with Gasteiger partial charge in [0.15, 0.2) is 5.11 Å². The fraction of sp³-hybridized carbons (Fsp3) is 0.350. The van der Waals surface area contributed by atoms with Crippen molar-refractivity contribution >= 4 is 23.0 Å². The lowest BCUT2D eigenvalue weighted by Gasteiger charge is -2.13. The van der Waals surface area contributed by atoms with Crippen LogP contribution in [-0.2, 0) is 12.8 Å². The molecule has 0 spiro atoms. The maximum atomic E-state index is 5.39. The summed E-state index contributed by atoms with van der Waals surface area (Å²) in [5, 5.41) is 7.30. The molecule has 0 saturated heterocycles. The summed E-state index contributed by atoms with van der Waals surface area (Å²) >= 11 is 5.39. The molecule has 0 radical (unpaired) electrons. The molecular formula is C20H26N2S. The second kappa shape index (κ2) is 8.68. The molecule has 3 heteroatoms. The first kappa shape index (κ1) is 17.5. The van der Waals surface area contributed by atoms with E-state index in [-0.39, 0.29) is 0 Å². The van der Waals surface area contributed by atoms with Crippen LogP contribution in [0, 0.1) is 13.8 Å². The maximum absolute atomic E-state index is 5.39. The number of nitrogens with one attached hydrogen (secondary N) is 2. The lowest BCUT2D eigenvalue weighted by Crippen LogP contribution is -2.29. The molecule has 0 fully saturated rings. The van der Waals surface area contributed by atoms with E-state index in [0.29, 0.717) is 5.11 Å². The zero-order valence-corrected chi connectivity index (χ0v) is 15.1. The van der Waals surface area contributed by atoms with Gasteiger partial charge in [-0.3, -0.25) is 0 Å². The van der Waals surface area contributed by atoms with Crippen LogP contribution in [0.4, 0.5) is 5.69 Å². The van der Waals surface area contributed by atoms with E-state index < -0.39 is 0 Å². The van der Waals surface area contributed by atoms with E-state index in [2.05, 4.69) is 67.8 Å². The normalized spacial score (nSPS) is 10.4. The lowest BCUT2D eigenvalue weighted by atomic mass is 10.0. The summed E-state index contributed by atoms with van der Waals surface area (Å²) in [6.45, 7) is 7.36. The number of thiocarbonyl (C=S) groups is 1.